The highest BCUT2D eigenvalue weighted by atomic mass is 79.9. The van der Waals surface area contributed by atoms with Gasteiger partial charge in [0.1, 0.15) is 12.3 Å². The van der Waals surface area contributed by atoms with Crippen molar-refractivity contribution in [1.82, 2.24) is 5.32 Å². The molecule has 0 saturated carbocycles. The Balaban J connectivity index is 1.77. The number of carbonyl (C=O) groups is 2. The highest BCUT2D eigenvalue weighted by Crippen LogP contribution is 2.29. The van der Waals surface area contributed by atoms with Gasteiger partial charge in [0.2, 0.25) is 0 Å². The number of halogens is 1. The van der Waals surface area contributed by atoms with Gasteiger partial charge in [-0.3, -0.25) is 4.79 Å². The summed E-state index contributed by atoms with van der Waals surface area (Å²) in [6.07, 6.45) is 1.37. The lowest BCUT2D eigenvalue weighted by molar-refractivity contribution is -0.132. The largest absolute Gasteiger partial charge is 0.493 e. The Bertz CT molecular complexity index is 1090. The monoisotopic (exact) mass is 481 g/mol. The molecular weight excluding hydrogens is 462 g/mol. The van der Waals surface area contributed by atoms with Crippen LogP contribution in [0.3, 0.4) is 0 Å². The second kappa shape index (κ2) is 10.4. The van der Waals surface area contributed by atoms with Crippen molar-refractivity contribution in [3.8, 4) is 11.5 Å². The first-order chi connectivity index (χ1) is 15.0. The molecular formula is C24H20BrNO5. The number of amides is 1. The minimum Gasteiger partial charge on any atom is -0.493 e. The van der Waals surface area contributed by atoms with Crippen LogP contribution in [0.15, 0.2) is 83.0 Å². The number of carboxylic acid groups (broad SMARTS) is 1. The van der Waals surface area contributed by atoms with Crippen LogP contribution in [0.2, 0.25) is 0 Å². The van der Waals surface area contributed by atoms with E-state index in [-0.39, 0.29) is 5.70 Å². The summed E-state index contributed by atoms with van der Waals surface area (Å²) in [7, 11) is 1.50. The Morgan fingerprint density at radius 1 is 1.00 bits per heavy atom. The van der Waals surface area contributed by atoms with Gasteiger partial charge >= 0.3 is 5.97 Å². The van der Waals surface area contributed by atoms with Gasteiger partial charge in [-0.05, 0) is 53.6 Å². The molecule has 3 aromatic carbocycles. The van der Waals surface area contributed by atoms with E-state index in [2.05, 4.69) is 21.2 Å². The lowest BCUT2D eigenvalue weighted by Crippen LogP contribution is -2.27. The summed E-state index contributed by atoms with van der Waals surface area (Å²) >= 11 is 3.40. The summed E-state index contributed by atoms with van der Waals surface area (Å²) in [6.45, 7) is 0.354. The molecule has 0 spiro atoms. The average Bonchev–Trinajstić information content (AvgIpc) is 2.79. The third kappa shape index (κ3) is 6.20. The SMILES string of the molecule is COc1cc(C=C(NC(=O)c2ccccc2)C(=O)O)ccc1OCc1ccc(Br)cc1. The fourth-order valence-corrected chi connectivity index (χ4v) is 3.00. The summed E-state index contributed by atoms with van der Waals surface area (Å²) in [5.74, 6) is -0.785. The fraction of sp³-hybridized carbons (Fsp3) is 0.0833. The average molecular weight is 482 g/mol. The van der Waals surface area contributed by atoms with E-state index < -0.39 is 11.9 Å². The van der Waals surface area contributed by atoms with Crippen molar-refractivity contribution < 1.29 is 24.2 Å². The quantitative estimate of drug-likeness (QED) is 0.447. The number of benzene rings is 3. The molecule has 158 valence electrons. The highest BCUT2D eigenvalue weighted by Gasteiger charge is 2.14. The van der Waals surface area contributed by atoms with Crippen LogP contribution in [0, 0.1) is 0 Å². The zero-order valence-electron chi connectivity index (χ0n) is 16.7. The molecule has 0 saturated heterocycles. The minimum absolute atomic E-state index is 0.251. The number of ether oxygens (including phenoxy) is 2. The Kier molecular flexibility index (Phi) is 7.45. The Hall–Kier alpha value is -3.58. The molecule has 0 aliphatic carbocycles. The number of hydrogen-bond donors (Lipinski definition) is 2. The summed E-state index contributed by atoms with van der Waals surface area (Å²) in [5, 5.41) is 11.9. The first-order valence-corrected chi connectivity index (χ1v) is 10.1. The second-order valence-corrected chi connectivity index (χ2v) is 7.42. The number of aliphatic carboxylic acids is 1. The van der Waals surface area contributed by atoms with Gasteiger partial charge in [0.05, 0.1) is 7.11 Å². The maximum Gasteiger partial charge on any atom is 0.352 e. The molecule has 2 N–H and O–H groups in total. The van der Waals surface area contributed by atoms with E-state index >= 15 is 0 Å². The van der Waals surface area contributed by atoms with Gasteiger partial charge < -0.3 is 19.9 Å². The lowest BCUT2D eigenvalue weighted by Gasteiger charge is -2.12. The molecule has 31 heavy (non-hydrogen) atoms. The maximum absolute atomic E-state index is 12.3. The zero-order chi connectivity index (χ0) is 22.2. The van der Waals surface area contributed by atoms with Crippen LogP contribution < -0.4 is 14.8 Å². The van der Waals surface area contributed by atoms with Crippen LogP contribution in [-0.2, 0) is 11.4 Å². The summed E-state index contributed by atoms with van der Waals surface area (Å²) < 4.78 is 12.2. The molecule has 7 heteroatoms. The van der Waals surface area contributed by atoms with Crippen LogP contribution in [0.25, 0.3) is 6.08 Å². The summed E-state index contributed by atoms with van der Waals surface area (Å²) in [6, 6.07) is 21.2. The number of hydrogen-bond acceptors (Lipinski definition) is 4. The van der Waals surface area contributed by atoms with Crippen LogP contribution in [0.5, 0.6) is 11.5 Å². The van der Waals surface area contributed by atoms with Gasteiger partial charge in [-0.15, -0.1) is 0 Å². The Labute approximate surface area is 188 Å². The zero-order valence-corrected chi connectivity index (χ0v) is 18.3. The van der Waals surface area contributed by atoms with Crippen LogP contribution in [0.4, 0.5) is 0 Å². The van der Waals surface area contributed by atoms with Crippen molar-refractivity contribution >= 4 is 33.9 Å². The van der Waals surface area contributed by atoms with E-state index in [1.54, 1.807) is 48.5 Å². The highest BCUT2D eigenvalue weighted by molar-refractivity contribution is 9.10. The minimum atomic E-state index is -1.25. The molecule has 0 radical (unpaired) electrons. The molecule has 0 aliphatic rings. The van der Waals surface area contributed by atoms with E-state index in [0.29, 0.717) is 29.2 Å². The predicted octanol–water partition coefficient (Wildman–Crippen LogP) is 4.89. The van der Waals surface area contributed by atoms with E-state index in [1.807, 2.05) is 24.3 Å². The number of carboxylic acids is 1. The molecule has 6 nitrogen and oxygen atoms in total. The van der Waals surface area contributed by atoms with Gasteiger partial charge in [0.25, 0.3) is 5.91 Å². The first kappa shape index (κ1) is 22.1. The molecule has 0 fully saturated rings. The van der Waals surface area contributed by atoms with E-state index in [9.17, 15) is 14.7 Å². The third-order valence-electron chi connectivity index (χ3n) is 4.32. The van der Waals surface area contributed by atoms with Crippen LogP contribution >= 0.6 is 15.9 Å². The van der Waals surface area contributed by atoms with Gasteiger partial charge in [0, 0.05) is 10.0 Å². The molecule has 0 aliphatic heterocycles. The molecule has 0 unspecified atom stereocenters. The number of methoxy groups -OCH3 is 1. The summed E-state index contributed by atoms with van der Waals surface area (Å²) in [4.78, 5) is 23.9. The normalized spacial score (nSPS) is 11.0. The number of rotatable bonds is 8. The fourth-order valence-electron chi connectivity index (χ4n) is 2.74. The van der Waals surface area contributed by atoms with Gasteiger partial charge in [0.15, 0.2) is 11.5 Å². The molecule has 0 atom stereocenters. The number of nitrogens with one attached hydrogen (secondary N) is 1. The second-order valence-electron chi connectivity index (χ2n) is 6.51. The van der Waals surface area contributed by atoms with Crippen molar-refractivity contribution in [3.63, 3.8) is 0 Å². The van der Waals surface area contributed by atoms with Crippen molar-refractivity contribution in [2.45, 2.75) is 6.61 Å². The van der Waals surface area contributed by atoms with Crippen molar-refractivity contribution in [1.29, 1.82) is 0 Å². The van der Waals surface area contributed by atoms with E-state index in [4.69, 9.17) is 9.47 Å². The van der Waals surface area contributed by atoms with Crippen LogP contribution in [0.1, 0.15) is 21.5 Å². The van der Waals surface area contributed by atoms with Crippen molar-refractivity contribution in [2.24, 2.45) is 0 Å². The van der Waals surface area contributed by atoms with Crippen molar-refractivity contribution in [3.05, 3.63) is 99.7 Å². The summed E-state index contributed by atoms with van der Waals surface area (Å²) in [5.41, 5.74) is 1.65. The van der Waals surface area contributed by atoms with Crippen LogP contribution in [-0.4, -0.2) is 24.1 Å². The van der Waals surface area contributed by atoms with Crippen molar-refractivity contribution in [2.75, 3.05) is 7.11 Å². The topological polar surface area (TPSA) is 84.9 Å². The van der Waals surface area contributed by atoms with Gasteiger partial charge in [-0.1, -0.05) is 52.3 Å². The Morgan fingerprint density at radius 2 is 1.71 bits per heavy atom. The molecule has 3 aromatic rings. The lowest BCUT2D eigenvalue weighted by atomic mass is 10.1. The molecule has 0 heterocycles. The molecule has 0 bridgehead atoms. The van der Waals surface area contributed by atoms with Gasteiger partial charge in [-0.2, -0.15) is 0 Å². The smallest absolute Gasteiger partial charge is 0.352 e. The Morgan fingerprint density at radius 3 is 2.35 bits per heavy atom. The molecule has 1 amide bonds. The number of carbonyl (C=O) groups excluding carboxylic acids is 1. The van der Waals surface area contributed by atoms with E-state index in [1.165, 1.54) is 13.2 Å². The molecule has 3 rings (SSSR count). The molecule has 0 aromatic heterocycles. The van der Waals surface area contributed by atoms with E-state index in [0.717, 1.165) is 10.0 Å². The maximum atomic E-state index is 12.3. The predicted molar refractivity (Wildman–Crippen MR) is 121 cm³/mol. The van der Waals surface area contributed by atoms with Gasteiger partial charge in [-0.25, -0.2) is 4.79 Å². The first-order valence-electron chi connectivity index (χ1n) is 9.33. The third-order valence-corrected chi connectivity index (χ3v) is 4.85. The standard InChI is InChI=1S/C24H20BrNO5/c1-30-22-14-17(9-12-21(22)31-15-16-7-10-19(25)11-8-16)13-20(24(28)29)26-23(27)18-5-3-2-4-6-18/h2-14H,15H2,1H3,(H,26,27)(H,28,29).